The maximum atomic E-state index is 12.0. The minimum absolute atomic E-state index is 0.0992. The van der Waals surface area contributed by atoms with E-state index in [1.807, 2.05) is 13.0 Å². The van der Waals surface area contributed by atoms with Gasteiger partial charge in [0.15, 0.2) is 0 Å². The van der Waals surface area contributed by atoms with Crippen molar-refractivity contribution < 1.29 is 9.59 Å². The van der Waals surface area contributed by atoms with Gasteiger partial charge in [-0.1, -0.05) is 22.0 Å². The highest BCUT2D eigenvalue weighted by Gasteiger charge is 2.27. The van der Waals surface area contributed by atoms with E-state index in [-0.39, 0.29) is 18.4 Å². The molecule has 0 heterocycles. The summed E-state index contributed by atoms with van der Waals surface area (Å²) in [4.78, 5) is 23.6. The van der Waals surface area contributed by atoms with E-state index in [4.69, 9.17) is 0 Å². The third-order valence-corrected chi connectivity index (χ3v) is 3.82. The van der Waals surface area contributed by atoms with E-state index in [0.717, 1.165) is 10.0 Å². The Hall–Kier alpha value is -1.36. The molecule has 0 saturated carbocycles. The first kappa shape index (κ1) is 15.7. The Balaban J connectivity index is 2.70. The van der Waals surface area contributed by atoms with Crippen molar-refractivity contribution in [2.45, 2.75) is 20.8 Å². The number of benzene rings is 1. The Morgan fingerprint density at radius 2 is 1.95 bits per heavy atom. The fourth-order valence-corrected chi connectivity index (χ4v) is 1.93. The first-order valence-electron chi connectivity index (χ1n) is 6.04. The van der Waals surface area contributed by atoms with Gasteiger partial charge in [-0.3, -0.25) is 9.59 Å². The first-order chi connectivity index (χ1) is 8.77. The molecule has 0 unspecified atom stereocenters. The summed E-state index contributed by atoms with van der Waals surface area (Å²) in [5.74, 6) is -0.282. The second kappa shape index (κ2) is 6.19. The molecule has 0 fully saturated rings. The molecular weight excluding hydrogens is 308 g/mol. The second-order valence-corrected chi connectivity index (χ2v) is 5.96. The van der Waals surface area contributed by atoms with Gasteiger partial charge in [0, 0.05) is 23.6 Å². The van der Waals surface area contributed by atoms with E-state index < -0.39 is 5.41 Å². The lowest BCUT2D eigenvalue weighted by atomic mass is 9.92. The molecule has 2 amide bonds. The highest BCUT2D eigenvalue weighted by Crippen LogP contribution is 2.18. The number of carbonyl (C=O) groups excluding carboxylic acids is 2. The van der Waals surface area contributed by atoms with Crippen LogP contribution in [0.4, 0.5) is 0 Å². The van der Waals surface area contributed by atoms with E-state index in [0.29, 0.717) is 5.56 Å². The SMILES string of the molecule is CNC(=O)C(C)(C)CNC(=O)c1ccc(C)c(Br)c1. The summed E-state index contributed by atoms with van der Waals surface area (Å²) in [5.41, 5.74) is 1.01. The van der Waals surface area contributed by atoms with Crippen molar-refractivity contribution >= 4 is 27.7 Å². The van der Waals surface area contributed by atoms with Crippen LogP contribution in [-0.2, 0) is 4.79 Å². The van der Waals surface area contributed by atoms with Crippen molar-refractivity contribution in [2.75, 3.05) is 13.6 Å². The summed E-state index contributed by atoms with van der Waals surface area (Å²) in [5, 5.41) is 5.37. The van der Waals surface area contributed by atoms with Crippen LogP contribution in [0, 0.1) is 12.3 Å². The van der Waals surface area contributed by atoms with Crippen LogP contribution in [0.15, 0.2) is 22.7 Å². The van der Waals surface area contributed by atoms with E-state index in [9.17, 15) is 9.59 Å². The lowest BCUT2D eigenvalue weighted by molar-refractivity contribution is -0.128. The molecule has 0 aliphatic heterocycles. The van der Waals surface area contributed by atoms with Crippen molar-refractivity contribution in [2.24, 2.45) is 5.41 Å². The third-order valence-electron chi connectivity index (χ3n) is 2.97. The van der Waals surface area contributed by atoms with Crippen LogP contribution in [0.2, 0.25) is 0 Å². The molecule has 1 aromatic carbocycles. The Bertz CT molecular complexity index is 498. The molecule has 1 rings (SSSR count). The van der Waals surface area contributed by atoms with Gasteiger partial charge in [-0.05, 0) is 38.5 Å². The number of amides is 2. The molecule has 104 valence electrons. The lowest BCUT2D eigenvalue weighted by Crippen LogP contribution is -2.43. The molecule has 2 N–H and O–H groups in total. The average Bonchev–Trinajstić information content (AvgIpc) is 2.38. The molecule has 0 radical (unpaired) electrons. The number of hydrogen-bond donors (Lipinski definition) is 2. The highest BCUT2D eigenvalue weighted by molar-refractivity contribution is 9.10. The lowest BCUT2D eigenvalue weighted by Gasteiger charge is -2.22. The zero-order valence-corrected chi connectivity index (χ0v) is 13.2. The fourth-order valence-electron chi connectivity index (χ4n) is 1.56. The minimum atomic E-state index is -0.633. The van der Waals surface area contributed by atoms with Gasteiger partial charge in [-0.25, -0.2) is 0 Å². The summed E-state index contributed by atoms with van der Waals surface area (Å²) in [6.45, 7) is 5.83. The predicted molar refractivity (Wildman–Crippen MR) is 79.1 cm³/mol. The van der Waals surface area contributed by atoms with Crippen LogP contribution in [0.25, 0.3) is 0 Å². The third kappa shape index (κ3) is 4.06. The van der Waals surface area contributed by atoms with Crippen LogP contribution in [-0.4, -0.2) is 25.4 Å². The number of hydrogen-bond acceptors (Lipinski definition) is 2. The van der Waals surface area contributed by atoms with Gasteiger partial charge >= 0.3 is 0 Å². The van der Waals surface area contributed by atoms with Crippen molar-refractivity contribution in [3.8, 4) is 0 Å². The van der Waals surface area contributed by atoms with Gasteiger partial charge in [0.25, 0.3) is 5.91 Å². The molecule has 0 aliphatic carbocycles. The average molecular weight is 327 g/mol. The van der Waals surface area contributed by atoms with Gasteiger partial charge in [-0.2, -0.15) is 0 Å². The molecule has 4 nitrogen and oxygen atoms in total. The molecule has 0 spiro atoms. The predicted octanol–water partition coefficient (Wildman–Crippen LogP) is 2.26. The van der Waals surface area contributed by atoms with Gasteiger partial charge < -0.3 is 10.6 Å². The largest absolute Gasteiger partial charge is 0.359 e. The molecule has 0 aromatic heterocycles. The van der Waals surface area contributed by atoms with Crippen LogP contribution in [0.3, 0.4) is 0 Å². The normalized spacial score (nSPS) is 11.0. The summed E-state index contributed by atoms with van der Waals surface area (Å²) in [6.07, 6.45) is 0. The molecule has 19 heavy (non-hydrogen) atoms. The smallest absolute Gasteiger partial charge is 0.251 e. The van der Waals surface area contributed by atoms with Gasteiger partial charge in [0.1, 0.15) is 0 Å². The summed E-state index contributed by atoms with van der Waals surface area (Å²) >= 11 is 3.40. The Kier molecular flexibility index (Phi) is 5.11. The second-order valence-electron chi connectivity index (χ2n) is 5.11. The summed E-state index contributed by atoms with van der Waals surface area (Å²) in [6, 6.07) is 5.42. The Morgan fingerprint density at radius 1 is 1.32 bits per heavy atom. The molecular formula is C14H19BrN2O2. The molecule has 0 saturated heterocycles. The van der Waals surface area contributed by atoms with E-state index in [2.05, 4.69) is 26.6 Å². The topological polar surface area (TPSA) is 58.2 Å². The highest BCUT2D eigenvalue weighted by atomic mass is 79.9. The monoisotopic (exact) mass is 326 g/mol. The summed E-state index contributed by atoms with van der Waals surface area (Å²) in [7, 11) is 1.59. The molecule has 5 heteroatoms. The maximum absolute atomic E-state index is 12.0. The van der Waals surface area contributed by atoms with E-state index in [1.54, 1.807) is 33.0 Å². The van der Waals surface area contributed by atoms with Crippen LogP contribution >= 0.6 is 15.9 Å². The zero-order valence-electron chi connectivity index (χ0n) is 11.6. The number of nitrogens with one attached hydrogen (secondary N) is 2. The summed E-state index contributed by atoms with van der Waals surface area (Å²) < 4.78 is 0.894. The van der Waals surface area contributed by atoms with Crippen molar-refractivity contribution in [3.63, 3.8) is 0 Å². The van der Waals surface area contributed by atoms with E-state index >= 15 is 0 Å². The van der Waals surface area contributed by atoms with Gasteiger partial charge in [0.2, 0.25) is 5.91 Å². The van der Waals surface area contributed by atoms with Crippen LogP contribution < -0.4 is 10.6 Å². The van der Waals surface area contributed by atoms with Gasteiger partial charge in [-0.15, -0.1) is 0 Å². The number of carbonyl (C=O) groups is 2. The number of aryl methyl sites for hydroxylation is 1. The number of halogens is 1. The van der Waals surface area contributed by atoms with Crippen molar-refractivity contribution in [3.05, 3.63) is 33.8 Å². The molecule has 0 bridgehead atoms. The van der Waals surface area contributed by atoms with Crippen molar-refractivity contribution in [1.29, 1.82) is 0 Å². The maximum Gasteiger partial charge on any atom is 0.251 e. The molecule has 0 atom stereocenters. The van der Waals surface area contributed by atoms with Gasteiger partial charge in [0.05, 0.1) is 5.41 Å². The first-order valence-corrected chi connectivity index (χ1v) is 6.84. The fraction of sp³-hybridized carbons (Fsp3) is 0.429. The number of rotatable bonds is 4. The quantitative estimate of drug-likeness (QED) is 0.891. The Morgan fingerprint density at radius 3 is 2.47 bits per heavy atom. The standard InChI is InChI=1S/C14H19BrN2O2/c1-9-5-6-10(7-11(9)15)12(18)17-8-14(2,3)13(19)16-4/h5-7H,8H2,1-4H3,(H,16,19)(H,17,18). The van der Waals surface area contributed by atoms with Crippen LogP contribution in [0.1, 0.15) is 29.8 Å². The van der Waals surface area contributed by atoms with Crippen molar-refractivity contribution in [1.82, 2.24) is 10.6 Å². The van der Waals surface area contributed by atoms with Crippen LogP contribution in [0.5, 0.6) is 0 Å². The Labute approximate surface area is 122 Å². The zero-order chi connectivity index (χ0) is 14.6. The minimum Gasteiger partial charge on any atom is -0.359 e. The van der Waals surface area contributed by atoms with E-state index in [1.165, 1.54) is 0 Å². The molecule has 1 aromatic rings. The molecule has 0 aliphatic rings.